The monoisotopic (exact) mass is 324 g/mol. The molecule has 0 aromatic heterocycles. The van der Waals surface area contributed by atoms with Crippen molar-refractivity contribution >= 4 is 27.8 Å². The van der Waals surface area contributed by atoms with Crippen LogP contribution in [0.25, 0.3) is 0 Å². The van der Waals surface area contributed by atoms with Gasteiger partial charge >= 0.3 is 5.97 Å². The van der Waals surface area contributed by atoms with Crippen LogP contribution in [0.1, 0.15) is 25.7 Å². The zero-order chi connectivity index (χ0) is 14.8. The summed E-state index contributed by atoms with van der Waals surface area (Å²) in [7, 11) is -4.43. The maximum Gasteiger partial charge on any atom is 0.337 e. The van der Waals surface area contributed by atoms with Crippen molar-refractivity contribution in [1.82, 2.24) is 0 Å². The molecular formula is C12H20O6S2. The van der Waals surface area contributed by atoms with Gasteiger partial charge in [0.1, 0.15) is 6.61 Å². The molecule has 0 heterocycles. The van der Waals surface area contributed by atoms with Crippen LogP contribution in [0.2, 0.25) is 0 Å². The third-order valence-electron chi connectivity index (χ3n) is 4.01. The lowest BCUT2D eigenvalue weighted by Crippen LogP contribution is -2.30. The zero-order valence-corrected chi connectivity index (χ0v) is 13.0. The highest BCUT2D eigenvalue weighted by Crippen LogP contribution is 2.45. The summed E-state index contributed by atoms with van der Waals surface area (Å²) < 4.78 is 39.7. The van der Waals surface area contributed by atoms with Crippen LogP contribution in [-0.2, 0) is 24.4 Å². The molecule has 0 radical (unpaired) electrons. The minimum atomic E-state index is -4.43. The van der Waals surface area contributed by atoms with Crippen LogP contribution in [0.3, 0.4) is 0 Å². The molecule has 2 aliphatic carbocycles. The number of esters is 1. The molecule has 2 saturated carbocycles. The van der Waals surface area contributed by atoms with Gasteiger partial charge in [-0.1, -0.05) is 0 Å². The molecule has 0 aromatic carbocycles. The van der Waals surface area contributed by atoms with Crippen molar-refractivity contribution < 1.29 is 27.2 Å². The summed E-state index contributed by atoms with van der Waals surface area (Å²) >= 11 is 0.725. The van der Waals surface area contributed by atoms with Crippen molar-refractivity contribution in [1.29, 1.82) is 0 Å². The molecule has 2 fully saturated rings. The molecule has 2 bridgehead atoms. The van der Waals surface area contributed by atoms with Crippen molar-refractivity contribution in [2.24, 2.45) is 11.8 Å². The number of hydrogen-bond acceptors (Lipinski definition) is 6. The first-order chi connectivity index (χ1) is 9.41. The molecule has 20 heavy (non-hydrogen) atoms. The molecule has 4 unspecified atom stereocenters. The summed E-state index contributed by atoms with van der Waals surface area (Å²) in [6.07, 6.45) is 6.50. The number of fused-ring (bicyclic) bond motifs is 2. The van der Waals surface area contributed by atoms with Crippen LogP contribution in [0.4, 0.5) is 0 Å². The number of thioether (sulfide) groups is 1. The van der Waals surface area contributed by atoms with Gasteiger partial charge in [-0.3, -0.25) is 4.55 Å². The fraction of sp³-hybridized carbons (Fsp3) is 0.917. The number of rotatable bonds is 7. The molecule has 2 rings (SSSR count). The Morgan fingerprint density at radius 2 is 2.10 bits per heavy atom. The molecule has 0 amide bonds. The normalized spacial score (nSPS) is 30.4. The van der Waals surface area contributed by atoms with Gasteiger partial charge < -0.3 is 9.47 Å². The van der Waals surface area contributed by atoms with Gasteiger partial charge in [0.2, 0.25) is 4.58 Å². The van der Waals surface area contributed by atoms with Crippen LogP contribution < -0.4 is 0 Å². The lowest BCUT2D eigenvalue weighted by molar-refractivity contribution is -0.143. The Labute approximate surface area is 123 Å². The fourth-order valence-electron chi connectivity index (χ4n) is 3.14. The lowest BCUT2D eigenvalue weighted by Gasteiger charge is -2.22. The molecule has 6 nitrogen and oxygen atoms in total. The molecule has 0 aromatic rings. The number of carbonyl (C=O) groups excluding carboxylic acids is 1. The zero-order valence-electron chi connectivity index (χ0n) is 11.4. The van der Waals surface area contributed by atoms with Crippen LogP contribution in [-0.4, -0.2) is 49.1 Å². The molecular weight excluding hydrogens is 304 g/mol. The van der Waals surface area contributed by atoms with E-state index in [0.717, 1.165) is 24.1 Å². The molecule has 0 saturated heterocycles. The van der Waals surface area contributed by atoms with Gasteiger partial charge in [-0.05, 0) is 43.8 Å². The van der Waals surface area contributed by atoms with E-state index < -0.39 is 20.7 Å². The maximum absolute atomic E-state index is 11.5. The van der Waals surface area contributed by atoms with Crippen molar-refractivity contribution in [2.75, 3.05) is 19.5 Å². The second kappa shape index (κ2) is 6.64. The summed E-state index contributed by atoms with van der Waals surface area (Å²) in [5.74, 6) is 0.469. The fourth-order valence-corrected chi connectivity index (χ4v) is 4.68. The molecule has 2 aliphatic rings. The van der Waals surface area contributed by atoms with E-state index in [-0.39, 0.29) is 19.3 Å². The van der Waals surface area contributed by atoms with Gasteiger partial charge in [-0.2, -0.15) is 8.42 Å². The highest BCUT2D eigenvalue weighted by Gasteiger charge is 2.40. The Kier molecular flexibility index (Phi) is 5.33. The van der Waals surface area contributed by atoms with E-state index in [2.05, 4.69) is 0 Å². The second-order valence-corrected chi connectivity index (χ2v) is 8.08. The largest absolute Gasteiger partial charge is 0.462 e. The van der Waals surface area contributed by atoms with Crippen molar-refractivity contribution in [3.8, 4) is 0 Å². The highest BCUT2D eigenvalue weighted by atomic mass is 32.3. The summed E-state index contributed by atoms with van der Waals surface area (Å²) in [5.41, 5.74) is 0. The van der Waals surface area contributed by atoms with E-state index in [1.54, 1.807) is 0 Å². The Hall–Kier alpha value is -0.310. The van der Waals surface area contributed by atoms with E-state index in [1.807, 2.05) is 0 Å². The van der Waals surface area contributed by atoms with Gasteiger partial charge in [0.05, 0.1) is 12.7 Å². The van der Waals surface area contributed by atoms with Gasteiger partial charge in [0.15, 0.2) is 0 Å². The lowest BCUT2D eigenvalue weighted by atomic mass is 9.98. The van der Waals surface area contributed by atoms with Crippen LogP contribution in [0, 0.1) is 11.8 Å². The molecule has 8 heteroatoms. The standard InChI is InChI=1S/C12H20O6S2/c1-19-12(20(14,15)16)11(13)18-5-4-17-10-7-8-2-3-9(10)6-8/h8-10,12H,2-7H2,1H3,(H,14,15,16). The number of carbonyl (C=O) groups is 1. The van der Waals surface area contributed by atoms with Crippen LogP contribution in [0.5, 0.6) is 0 Å². The quantitative estimate of drug-likeness (QED) is 0.429. The van der Waals surface area contributed by atoms with Crippen molar-refractivity contribution in [3.05, 3.63) is 0 Å². The summed E-state index contributed by atoms with van der Waals surface area (Å²) in [6, 6.07) is 0. The van der Waals surface area contributed by atoms with Gasteiger partial charge in [0.25, 0.3) is 10.1 Å². The first-order valence-corrected chi connectivity index (χ1v) is 9.48. The van der Waals surface area contributed by atoms with Crippen LogP contribution >= 0.6 is 11.8 Å². The molecule has 0 aliphatic heterocycles. The first kappa shape index (κ1) is 16.1. The number of ether oxygens (including phenoxy) is 2. The van der Waals surface area contributed by atoms with E-state index in [0.29, 0.717) is 5.92 Å². The minimum Gasteiger partial charge on any atom is -0.462 e. The predicted octanol–water partition coefficient (Wildman–Crippen LogP) is 1.31. The molecule has 1 N–H and O–H groups in total. The Balaban J connectivity index is 1.67. The maximum atomic E-state index is 11.5. The molecule has 116 valence electrons. The number of hydrogen-bond donors (Lipinski definition) is 1. The summed E-state index contributed by atoms with van der Waals surface area (Å²) in [4.78, 5) is 11.5. The topological polar surface area (TPSA) is 89.9 Å². The van der Waals surface area contributed by atoms with E-state index in [9.17, 15) is 13.2 Å². The predicted molar refractivity (Wildman–Crippen MR) is 75.0 cm³/mol. The summed E-state index contributed by atoms with van der Waals surface area (Å²) in [6.45, 7) is 0.283. The third kappa shape index (κ3) is 3.87. The van der Waals surface area contributed by atoms with E-state index >= 15 is 0 Å². The first-order valence-electron chi connectivity index (χ1n) is 6.69. The molecule has 0 spiro atoms. The Bertz CT molecular complexity index is 449. The van der Waals surface area contributed by atoms with Gasteiger partial charge in [-0.25, -0.2) is 4.79 Å². The Morgan fingerprint density at radius 3 is 2.60 bits per heavy atom. The molecule has 4 atom stereocenters. The second-order valence-electron chi connectivity index (χ2n) is 5.33. The van der Waals surface area contributed by atoms with E-state index in [4.69, 9.17) is 14.0 Å². The smallest absolute Gasteiger partial charge is 0.337 e. The highest BCUT2D eigenvalue weighted by molar-refractivity contribution is 8.12. The summed E-state index contributed by atoms with van der Waals surface area (Å²) in [5, 5.41) is 0. The third-order valence-corrected chi connectivity index (χ3v) is 6.67. The average Bonchev–Trinajstić information content (AvgIpc) is 2.95. The average molecular weight is 324 g/mol. The van der Waals surface area contributed by atoms with Gasteiger partial charge in [0, 0.05) is 0 Å². The van der Waals surface area contributed by atoms with Gasteiger partial charge in [-0.15, -0.1) is 11.8 Å². The van der Waals surface area contributed by atoms with Crippen LogP contribution in [0.15, 0.2) is 0 Å². The van der Waals surface area contributed by atoms with E-state index in [1.165, 1.54) is 25.5 Å². The minimum absolute atomic E-state index is 0.0132. The van der Waals surface area contributed by atoms with Crippen molar-refractivity contribution in [3.63, 3.8) is 0 Å². The Morgan fingerprint density at radius 1 is 1.35 bits per heavy atom. The van der Waals surface area contributed by atoms with Crippen molar-refractivity contribution in [2.45, 2.75) is 36.4 Å². The SMILES string of the molecule is CSC(C(=O)OCCOC1CC2CCC1C2)S(=O)(=O)O.